The third kappa shape index (κ3) is 5.14. The van der Waals surface area contributed by atoms with Crippen molar-refractivity contribution in [1.29, 1.82) is 0 Å². The molecule has 2 bridgehead atoms. The van der Waals surface area contributed by atoms with Crippen molar-refractivity contribution < 1.29 is 15.0 Å². The normalized spacial score (nSPS) is 28.7. The van der Waals surface area contributed by atoms with Crippen molar-refractivity contribution in [2.45, 2.75) is 68.0 Å². The Kier molecular flexibility index (Phi) is 7.21. The van der Waals surface area contributed by atoms with Crippen molar-refractivity contribution in [3.63, 3.8) is 0 Å². The van der Waals surface area contributed by atoms with Gasteiger partial charge in [0, 0.05) is 16.9 Å². The lowest BCUT2D eigenvalue weighted by Crippen LogP contribution is -2.27. The Balaban J connectivity index is 1.47. The molecule has 2 aliphatic heterocycles. The number of benzene rings is 1. The molecule has 1 aromatic rings. The van der Waals surface area contributed by atoms with Crippen LogP contribution in [0.3, 0.4) is 0 Å². The van der Waals surface area contributed by atoms with Crippen LogP contribution in [0.15, 0.2) is 42.5 Å². The zero-order chi connectivity index (χ0) is 18.4. The van der Waals surface area contributed by atoms with Crippen molar-refractivity contribution in [2.75, 3.05) is 0 Å². The number of fused-ring (bicyclic) bond motifs is 2. The molecule has 2 aliphatic rings. The smallest absolute Gasteiger partial charge is 0.303 e. The van der Waals surface area contributed by atoms with Crippen LogP contribution in [0.1, 0.15) is 63.0 Å². The van der Waals surface area contributed by atoms with E-state index < -0.39 is 5.97 Å². The van der Waals surface area contributed by atoms with Crippen LogP contribution in [0, 0.1) is 11.8 Å². The van der Waals surface area contributed by atoms with Crippen LogP contribution in [0.5, 0.6) is 0 Å². The monoisotopic (exact) mass is 374 g/mol. The number of aliphatic hydroxyl groups excluding tert-OH is 1. The third-order valence-electron chi connectivity index (χ3n) is 5.88. The lowest BCUT2D eigenvalue weighted by atomic mass is 9.75. The van der Waals surface area contributed by atoms with Crippen molar-refractivity contribution in [2.24, 2.45) is 11.8 Å². The van der Waals surface area contributed by atoms with Gasteiger partial charge in [-0.2, -0.15) is 11.8 Å². The number of unbranched alkanes of at least 4 members (excludes halogenated alkanes) is 1. The molecule has 5 atom stereocenters. The number of allylic oxidation sites excluding steroid dienone is 2. The predicted molar refractivity (Wildman–Crippen MR) is 107 cm³/mol. The maximum absolute atomic E-state index is 10.6. The van der Waals surface area contributed by atoms with Crippen LogP contribution in [-0.4, -0.2) is 26.7 Å². The zero-order valence-electron chi connectivity index (χ0n) is 15.3. The highest BCUT2D eigenvalue weighted by Crippen LogP contribution is 2.56. The fourth-order valence-electron chi connectivity index (χ4n) is 4.53. The van der Waals surface area contributed by atoms with E-state index >= 15 is 0 Å². The minimum absolute atomic E-state index is 0.258. The largest absolute Gasteiger partial charge is 0.481 e. The lowest BCUT2D eigenvalue weighted by Gasteiger charge is -2.29. The average molecular weight is 375 g/mol. The highest BCUT2D eigenvalue weighted by Gasteiger charge is 2.47. The Hall–Kier alpha value is -1.26. The van der Waals surface area contributed by atoms with Crippen LogP contribution >= 0.6 is 11.8 Å². The molecule has 2 saturated heterocycles. The van der Waals surface area contributed by atoms with E-state index in [1.807, 2.05) is 30.3 Å². The molecular weight excluding hydrogens is 344 g/mol. The van der Waals surface area contributed by atoms with E-state index in [-0.39, 0.29) is 12.5 Å². The van der Waals surface area contributed by atoms with Gasteiger partial charge in [-0.05, 0) is 62.3 Å². The highest BCUT2D eigenvalue weighted by atomic mass is 32.2. The first kappa shape index (κ1) is 19.5. The summed E-state index contributed by atoms with van der Waals surface area (Å²) in [5, 5.41) is 20.7. The topological polar surface area (TPSA) is 57.5 Å². The van der Waals surface area contributed by atoms with Gasteiger partial charge in [0.2, 0.25) is 0 Å². The maximum Gasteiger partial charge on any atom is 0.303 e. The molecule has 2 heterocycles. The first-order valence-corrected chi connectivity index (χ1v) is 10.8. The van der Waals surface area contributed by atoms with Gasteiger partial charge >= 0.3 is 5.97 Å². The Bertz CT molecular complexity index is 601. The van der Waals surface area contributed by atoms with Gasteiger partial charge in [0.1, 0.15) is 0 Å². The third-order valence-corrected chi connectivity index (χ3v) is 7.75. The second-order valence-electron chi connectivity index (χ2n) is 7.61. The second-order valence-corrected chi connectivity index (χ2v) is 9.10. The fourth-order valence-corrected chi connectivity index (χ4v) is 6.58. The molecule has 26 heavy (non-hydrogen) atoms. The molecule has 1 aromatic carbocycles. The number of carbonyl (C=O) groups is 1. The van der Waals surface area contributed by atoms with E-state index in [1.54, 1.807) is 0 Å². The molecule has 2 N–H and O–H groups in total. The lowest BCUT2D eigenvalue weighted by molar-refractivity contribution is -0.137. The summed E-state index contributed by atoms with van der Waals surface area (Å²) in [5.41, 5.74) is 1.03. The predicted octanol–water partition coefficient (Wildman–Crippen LogP) is 5.21. The average Bonchev–Trinajstić information content (AvgIpc) is 3.24. The minimum Gasteiger partial charge on any atom is -0.481 e. The zero-order valence-corrected chi connectivity index (χ0v) is 16.1. The van der Waals surface area contributed by atoms with Crippen molar-refractivity contribution in [3.05, 3.63) is 48.0 Å². The SMILES string of the molecule is O=C(O)CCCC=CC[C@H]1[C@@H](CCC(O)c2ccccc2)[C@H]2CC[C@@H]1S2. The molecule has 0 aromatic heterocycles. The van der Waals surface area contributed by atoms with E-state index in [2.05, 4.69) is 23.9 Å². The number of aliphatic hydroxyl groups is 1. The highest BCUT2D eigenvalue weighted by molar-refractivity contribution is 8.01. The van der Waals surface area contributed by atoms with E-state index in [0.29, 0.717) is 5.92 Å². The van der Waals surface area contributed by atoms with E-state index in [4.69, 9.17) is 5.11 Å². The van der Waals surface area contributed by atoms with Gasteiger partial charge in [0.05, 0.1) is 6.10 Å². The molecule has 3 rings (SSSR count). The molecule has 142 valence electrons. The molecule has 0 saturated carbocycles. The molecule has 0 radical (unpaired) electrons. The maximum atomic E-state index is 10.6. The number of rotatable bonds is 10. The Morgan fingerprint density at radius 3 is 2.62 bits per heavy atom. The van der Waals surface area contributed by atoms with Crippen molar-refractivity contribution >= 4 is 17.7 Å². The van der Waals surface area contributed by atoms with E-state index in [9.17, 15) is 9.90 Å². The summed E-state index contributed by atoms with van der Waals surface area (Å²) in [6, 6.07) is 9.99. The van der Waals surface area contributed by atoms with Crippen LogP contribution in [0.4, 0.5) is 0 Å². The summed E-state index contributed by atoms with van der Waals surface area (Å²) in [6.45, 7) is 0. The Morgan fingerprint density at radius 1 is 1.15 bits per heavy atom. The van der Waals surface area contributed by atoms with Gasteiger partial charge in [-0.15, -0.1) is 0 Å². The second kappa shape index (κ2) is 9.61. The van der Waals surface area contributed by atoms with Gasteiger partial charge in [0.25, 0.3) is 0 Å². The number of hydrogen-bond donors (Lipinski definition) is 2. The van der Waals surface area contributed by atoms with Crippen molar-refractivity contribution in [3.8, 4) is 0 Å². The van der Waals surface area contributed by atoms with Crippen LogP contribution in [0.2, 0.25) is 0 Å². The van der Waals surface area contributed by atoms with Gasteiger partial charge in [-0.25, -0.2) is 0 Å². The van der Waals surface area contributed by atoms with Crippen LogP contribution in [-0.2, 0) is 4.79 Å². The summed E-state index contributed by atoms with van der Waals surface area (Å²) in [4.78, 5) is 10.6. The number of aliphatic carboxylic acids is 1. The van der Waals surface area contributed by atoms with E-state index in [0.717, 1.165) is 54.1 Å². The number of hydrogen-bond acceptors (Lipinski definition) is 3. The fraction of sp³-hybridized carbons (Fsp3) is 0.591. The standard InChI is InChI=1S/C22H30O3S/c23-19(16-8-4-3-5-9-16)13-12-18-17(20-14-15-21(18)26-20)10-6-1-2-7-11-22(24)25/h1,3-6,8-9,17-21,23H,2,7,10-15H2,(H,24,25)/t17-,18+,19?,20-,21+/m0/s1. The van der Waals surface area contributed by atoms with Gasteiger partial charge in [0.15, 0.2) is 0 Å². The quantitative estimate of drug-likeness (QED) is 0.436. The van der Waals surface area contributed by atoms with Gasteiger partial charge in [-0.3, -0.25) is 4.79 Å². The molecule has 2 fully saturated rings. The molecule has 3 nitrogen and oxygen atoms in total. The molecule has 1 unspecified atom stereocenters. The van der Waals surface area contributed by atoms with Gasteiger partial charge < -0.3 is 10.2 Å². The Morgan fingerprint density at radius 2 is 1.88 bits per heavy atom. The molecule has 0 spiro atoms. The summed E-state index contributed by atoms with van der Waals surface area (Å²) in [6.07, 6.45) is 11.6. The van der Waals surface area contributed by atoms with Gasteiger partial charge in [-0.1, -0.05) is 42.5 Å². The first-order chi connectivity index (χ1) is 12.6. The summed E-state index contributed by atoms with van der Waals surface area (Å²) >= 11 is 2.17. The van der Waals surface area contributed by atoms with Crippen LogP contribution < -0.4 is 0 Å². The number of carboxylic acids is 1. The summed E-state index contributed by atoms with van der Waals surface area (Å²) in [5.74, 6) is 0.721. The molecule has 4 heteroatoms. The summed E-state index contributed by atoms with van der Waals surface area (Å²) < 4.78 is 0. The molecule has 0 amide bonds. The minimum atomic E-state index is -0.708. The molecule has 0 aliphatic carbocycles. The van der Waals surface area contributed by atoms with E-state index in [1.165, 1.54) is 12.8 Å². The van der Waals surface area contributed by atoms with Crippen LogP contribution in [0.25, 0.3) is 0 Å². The molecular formula is C22H30O3S. The Labute approximate surface area is 160 Å². The number of thioether (sulfide) groups is 1. The first-order valence-electron chi connectivity index (χ1n) is 9.90. The number of carboxylic acid groups (broad SMARTS) is 1. The van der Waals surface area contributed by atoms with Crippen molar-refractivity contribution in [1.82, 2.24) is 0 Å². The summed E-state index contributed by atoms with van der Waals surface area (Å²) in [7, 11) is 0.